The standard InChI is InChI=1S/C22H19FN2OS/c1-14-10-20(16-2-3-17(12-24)21(23)11-16)22(27-14)15-4-6-18(7-5-15)25-9-8-19(26)13-25/h2-7,10-11,19,26H,8-9,13H2,1H3. The summed E-state index contributed by atoms with van der Waals surface area (Å²) in [5, 5.41) is 18.7. The van der Waals surface area contributed by atoms with Crippen molar-refractivity contribution in [1.82, 2.24) is 0 Å². The predicted octanol–water partition coefficient (Wildman–Crippen LogP) is 4.97. The molecule has 136 valence electrons. The lowest BCUT2D eigenvalue weighted by Crippen LogP contribution is -2.20. The Hall–Kier alpha value is -2.68. The number of nitrogens with zero attached hydrogens (tertiary/aromatic N) is 2. The highest BCUT2D eigenvalue weighted by atomic mass is 32.1. The fourth-order valence-corrected chi connectivity index (χ4v) is 4.56. The quantitative estimate of drug-likeness (QED) is 0.700. The average Bonchev–Trinajstić information content (AvgIpc) is 3.27. The highest BCUT2D eigenvalue weighted by Crippen LogP contribution is 2.40. The van der Waals surface area contributed by atoms with E-state index in [2.05, 4.69) is 35.2 Å². The Morgan fingerprint density at radius 2 is 1.89 bits per heavy atom. The first-order valence-corrected chi connectivity index (χ1v) is 9.70. The summed E-state index contributed by atoms with van der Waals surface area (Å²) in [6.45, 7) is 3.58. The third kappa shape index (κ3) is 3.46. The maximum absolute atomic E-state index is 14.1. The van der Waals surface area contributed by atoms with Gasteiger partial charge < -0.3 is 10.0 Å². The van der Waals surface area contributed by atoms with Gasteiger partial charge in [0.15, 0.2) is 0 Å². The average molecular weight is 378 g/mol. The van der Waals surface area contributed by atoms with Gasteiger partial charge in [0.2, 0.25) is 0 Å². The number of aliphatic hydroxyl groups excluding tert-OH is 1. The Balaban J connectivity index is 1.69. The number of benzene rings is 2. The minimum absolute atomic E-state index is 0.0596. The lowest BCUT2D eigenvalue weighted by Gasteiger charge is -2.18. The van der Waals surface area contributed by atoms with E-state index in [0.717, 1.165) is 45.1 Å². The summed E-state index contributed by atoms with van der Waals surface area (Å²) in [6.07, 6.45) is 0.558. The molecule has 0 amide bonds. The summed E-state index contributed by atoms with van der Waals surface area (Å²) in [5.74, 6) is -0.493. The van der Waals surface area contributed by atoms with Crippen LogP contribution in [0.15, 0.2) is 48.5 Å². The number of halogens is 1. The van der Waals surface area contributed by atoms with Crippen LogP contribution in [0.2, 0.25) is 0 Å². The molecule has 1 aromatic heterocycles. The summed E-state index contributed by atoms with van der Waals surface area (Å²) in [6, 6.07) is 17.0. The molecule has 3 nitrogen and oxygen atoms in total. The molecule has 1 N–H and O–H groups in total. The molecule has 0 spiro atoms. The van der Waals surface area contributed by atoms with Crippen LogP contribution in [0.5, 0.6) is 0 Å². The number of β-amino-alcohol motifs (C(OH)–C–C–N with tert-alkyl or cyclic N) is 1. The Kier molecular flexibility index (Phi) is 4.69. The molecule has 1 saturated heterocycles. The third-order valence-electron chi connectivity index (χ3n) is 4.91. The van der Waals surface area contributed by atoms with Crippen LogP contribution in [-0.2, 0) is 0 Å². The molecule has 3 aromatic rings. The molecule has 0 radical (unpaired) electrons. The molecule has 1 atom stereocenters. The number of thiophene rings is 1. The summed E-state index contributed by atoms with van der Waals surface area (Å²) >= 11 is 1.68. The molecule has 2 aromatic carbocycles. The second-order valence-corrected chi connectivity index (χ2v) is 8.10. The van der Waals surface area contributed by atoms with Crippen LogP contribution in [0.1, 0.15) is 16.9 Å². The second-order valence-electron chi connectivity index (χ2n) is 6.84. The van der Waals surface area contributed by atoms with Gasteiger partial charge in [-0.1, -0.05) is 18.2 Å². The van der Waals surface area contributed by atoms with E-state index >= 15 is 0 Å². The minimum Gasteiger partial charge on any atom is -0.391 e. The molecule has 1 aliphatic heterocycles. The van der Waals surface area contributed by atoms with E-state index in [4.69, 9.17) is 5.26 Å². The zero-order valence-corrected chi connectivity index (χ0v) is 15.8. The van der Waals surface area contributed by atoms with Crippen LogP contribution in [0.3, 0.4) is 0 Å². The van der Waals surface area contributed by atoms with E-state index in [1.165, 1.54) is 12.1 Å². The van der Waals surface area contributed by atoms with Crippen molar-refractivity contribution in [2.24, 2.45) is 0 Å². The van der Waals surface area contributed by atoms with Gasteiger partial charge in [-0.3, -0.25) is 0 Å². The van der Waals surface area contributed by atoms with Gasteiger partial charge in [-0.2, -0.15) is 5.26 Å². The number of aryl methyl sites for hydroxylation is 1. The normalized spacial score (nSPS) is 16.5. The van der Waals surface area contributed by atoms with Crippen molar-refractivity contribution in [2.75, 3.05) is 18.0 Å². The summed E-state index contributed by atoms with van der Waals surface area (Å²) < 4.78 is 14.1. The highest BCUT2D eigenvalue weighted by molar-refractivity contribution is 7.16. The summed E-state index contributed by atoms with van der Waals surface area (Å²) in [7, 11) is 0. The maximum Gasteiger partial charge on any atom is 0.141 e. The van der Waals surface area contributed by atoms with E-state index in [1.807, 2.05) is 13.0 Å². The number of anilines is 1. The van der Waals surface area contributed by atoms with E-state index in [9.17, 15) is 9.50 Å². The highest BCUT2D eigenvalue weighted by Gasteiger charge is 2.20. The number of rotatable bonds is 3. The zero-order chi connectivity index (χ0) is 19.0. The third-order valence-corrected chi connectivity index (χ3v) is 6.01. The molecule has 0 aliphatic carbocycles. The predicted molar refractivity (Wildman–Crippen MR) is 107 cm³/mol. The van der Waals surface area contributed by atoms with Crippen molar-refractivity contribution in [1.29, 1.82) is 5.26 Å². The van der Waals surface area contributed by atoms with E-state index in [0.29, 0.717) is 6.54 Å². The van der Waals surface area contributed by atoms with Gasteiger partial charge in [0.1, 0.15) is 11.9 Å². The molecule has 0 saturated carbocycles. The monoisotopic (exact) mass is 378 g/mol. The molecule has 27 heavy (non-hydrogen) atoms. The summed E-state index contributed by atoms with van der Waals surface area (Å²) in [5.41, 5.74) is 4.00. The lowest BCUT2D eigenvalue weighted by atomic mass is 10.0. The van der Waals surface area contributed by atoms with Crippen molar-refractivity contribution < 1.29 is 9.50 Å². The Morgan fingerprint density at radius 3 is 2.52 bits per heavy atom. The molecule has 1 unspecified atom stereocenters. The maximum atomic E-state index is 14.1. The molecular formula is C22H19FN2OS. The smallest absolute Gasteiger partial charge is 0.141 e. The number of nitriles is 1. The van der Waals surface area contributed by atoms with Crippen molar-refractivity contribution in [3.05, 3.63) is 64.8 Å². The first-order valence-electron chi connectivity index (χ1n) is 8.89. The van der Waals surface area contributed by atoms with E-state index in [-0.39, 0.29) is 11.7 Å². The minimum atomic E-state index is -0.493. The molecule has 5 heteroatoms. The fourth-order valence-electron chi connectivity index (χ4n) is 3.52. The summed E-state index contributed by atoms with van der Waals surface area (Å²) in [4.78, 5) is 4.42. The first-order chi connectivity index (χ1) is 13.0. The van der Waals surface area contributed by atoms with Gasteiger partial charge in [0.05, 0.1) is 11.7 Å². The van der Waals surface area contributed by atoms with E-state index in [1.54, 1.807) is 17.4 Å². The molecule has 1 aliphatic rings. The number of hydrogen-bond acceptors (Lipinski definition) is 4. The Labute approximate surface area is 161 Å². The Bertz CT molecular complexity index is 1020. The molecular weight excluding hydrogens is 359 g/mol. The van der Waals surface area contributed by atoms with Gasteiger partial charge in [-0.05, 0) is 54.8 Å². The molecule has 1 fully saturated rings. The van der Waals surface area contributed by atoms with Crippen LogP contribution in [-0.4, -0.2) is 24.3 Å². The van der Waals surface area contributed by atoms with Crippen molar-refractivity contribution >= 4 is 17.0 Å². The molecule has 0 bridgehead atoms. The van der Waals surface area contributed by atoms with Gasteiger partial charge in [-0.25, -0.2) is 4.39 Å². The fraction of sp³-hybridized carbons (Fsp3) is 0.227. The van der Waals surface area contributed by atoms with E-state index < -0.39 is 5.82 Å². The van der Waals surface area contributed by atoms with Gasteiger partial charge in [0.25, 0.3) is 0 Å². The lowest BCUT2D eigenvalue weighted by molar-refractivity contribution is 0.198. The van der Waals surface area contributed by atoms with Crippen molar-refractivity contribution in [2.45, 2.75) is 19.4 Å². The van der Waals surface area contributed by atoms with Crippen LogP contribution in [0.25, 0.3) is 21.6 Å². The van der Waals surface area contributed by atoms with Crippen LogP contribution in [0.4, 0.5) is 10.1 Å². The Morgan fingerprint density at radius 1 is 1.15 bits per heavy atom. The van der Waals surface area contributed by atoms with Gasteiger partial charge >= 0.3 is 0 Å². The first kappa shape index (κ1) is 17.7. The van der Waals surface area contributed by atoms with Crippen molar-refractivity contribution in [3.8, 4) is 27.6 Å². The largest absolute Gasteiger partial charge is 0.391 e. The van der Waals surface area contributed by atoms with Crippen molar-refractivity contribution in [3.63, 3.8) is 0 Å². The second kappa shape index (κ2) is 7.15. The number of aliphatic hydroxyl groups is 1. The van der Waals surface area contributed by atoms with Crippen LogP contribution in [0, 0.1) is 24.1 Å². The number of hydrogen-bond donors (Lipinski definition) is 1. The van der Waals surface area contributed by atoms with Crippen LogP contribution >= 0.6 is 11.3 Å². The van der Waals surface area contributed by atoms with Gasteiger partial charge in [-0.15, -0.1) is 11.3 Å². The zero-order valence-electron chi connectivity index (χ0n) is 14.9. The SMILES string of the molecule is Cc1cc(-c2ccc(C#N)c(F)c2)c(-c2ccc(N3CCC(O)C3)cc2)s1. The van der Waals surface area contributed by atoms with Gasteiger partial charge in [0, 0.05) is 34.1 Å². The topological polar surface area (TPSA) is 47.3 Å². The molecule has 2 heterocycles. The molecule has 4 rings (SSSR count). The van der Waals surface area contributed by atoms with Crippen LogP contribution < -0.4 is 4.90 Å².